The summed E-state index contributed by atoms with van der Waals surface area (Å²) in [5, 5.41) is 0.535. The molecule has 0 saturated heterocycles. The van der Waals surface area contributed by atoms with Gasteiger partial charge in [-0.05, 0) is 23.8 Å². The maximum absolute atomic E-state index is 12.8. The van der Waals surface area contributed by atoms with Crippen molar-refractivity contribution in [2.45, 2.75) is 5.88 Å². The molecule has 0 N–H and O–H groups in total. The fourth-order valence-corrected chi connectivity index (χ4v) is 1.82. The van der Waals surface area contributed by atoms with E-state index in [4.69, 9.17) is 23.2 Å². The van der Waals surface area contributed by atoms with Crippen molar-refractivity contribution < 1.29 is 4.39 Å². The number of benzene rings is 1. The number of hydrogen-bond donors (Lipinski definition) is 0. The number of aromatic nitrogens is 1. The van der Waals surface area contributed by atoms with E-state index in [-0.39, 0.29) is 5.82 Å². The highest BCUT2D eigenvalue weighted by molar-refractivity contribution is 6.30. The summed E-state index contributed by atoms with van der Waals surface area (Å²) in [6.07, 6.45) is 1.55. The van der Waals surface area contributed by atoms with Crippen LogP contribution in [0.4, 0.5) is 4.39 Å². The highest BCUT2D eigenvalue weighted by atomic mass is 35.5. The van der Waals surface area contributed by atoms with Crippen LogP contribution in [0.15, 0.2) is 36.5 Å². The Morgan fingerprint density at radius 2 is 1.88 bits per heavy atom. The number of alkyl halides is 1. The Morgan fingerprint density at radius 1 is 1.19 bits per heavy atom. The molecule has 2 aromatic rings. The van der Waals surface area contributed by atoms with Crippen molar-refractivity contribution in [3.8, 4) is 11.1 Å². The minimum atomic E-state index is -0.272. The van der Waals surface area contributed by atoms with Gasteiger partial charge < -0.3 is 0 Å². The lowest BCUT2D eigenvalue weighted by Gasteiger charge is -2.06. The van der Waals surface area contributed by atoms with Gasteiger partial charge in [-0.15, -0.1) is 11.6 Å². The Balaban J connectivity index is 2.53. The van der Waals surface area contributed by atoms with Gasteiger partial charge in [0.2, 0.25) is 0 Å². The van der Waals surface area contributed by atoms with Crippen LogP contribution in [0.3, 0.4) is 0 Å². The number of hydrogen-bond acceptors (Lipinski definition) is 1. The van der Waals surface area contributed by atoms with Gasteiger partial charge in [-0.3, -0.25) is 4.98 Å². The molecule has 0 spiro atoms. The standard InChI is InChI=1S/C12H8Cl2FN/c13-6-12-11(5-9(14)7-16-12)8-1-3-10(15)4-2-8/h1-5,7H,6H2. The first kappa shape index (κ1) is 11.4. The lowest BCUT2D eigenvalue weighted by atomic mass is 10.0. The molecule has 0 bridgehead atoms. The first-order valence-electron chi connectivity index (χ1n) is 4.67. The number of halogens is 3. The summed E-state index contributed by atoms with van der Waals surface area (Å²) in [7, 11) is 0. The van der Waals surface area contributed by atoms with Crippen LogP contribution in [0, 0.1) is 5.82 Å². The molecule has 0 unspecified atom stereocenters. The molecule has 16 heavy (non-hydrogen) atoms. The van der Waals surface area contributed by atoms with Crippen molar-refractivity contribution in [2.75, 3.05) is 0 Å². The zero-order valence-electron chi connectivity index (χ0n) is 8.25. The maximum Gasteiger partial charge on any atom is 0.123 e. The SMILES string of the molecule is Fc1ccc(-c2cc(Cl)cnc2CCl)cc1. The van der Waals surface area contributed by atoms with E-state index < -0.39 is 0 Å². The molecule has 1 aromatic carbocycles. The summed E-state index contributed by atoms with van der Waals surface area (Å²) in [6.45, 7) is 0. The molecule has 1 aromatic heterocycles. The lowest BCUT2D eigenvalue weighted by molar-refractivity contribution is 0.628. The van der Waals surface area contributed by atoms with E-state index in [1.165, 1.54) is 12.1 Å². The van der Waals surface area contributed by atoms with Crippen molar-refractivity contribution in [3.05, 3.63) is 53.1 Å². The highest BCUT2D eigenvalue weighted by Gasteiger charge is 2.06. The minimum absolute atomic E-state index is 0.272. The molecule has 1 heterocycles. The van der Waals surface area contributed by atoms with Crippen LogP contribution >= 0.6 is 23.2 Å². The quantitative estimate of drug-likeness (QED) is 0.731. The monoisotopic (exact) mass is 255 g/mol. The van der Waals surface area contributed by atoms with Gasteiger partial charge in [0.15, 0.2) is 0 Å². The second-order valence-corrected chi connectivity index (χ2v) is 3.99. The zero-order valence-corrected chi connectivity index (χ0v) is 9.76. The topological polar surface area (TPSA) is 12.9 Å². The predicted molar refractivity (Wildman–Crippen MR) is 64.2 cm³/mol. The molecule has 0 aliphatic heterocycles. The average Bonchev–Trinajstić information content (AvgIpc) is 2.30. The normalized spacial score (nSPS) is 10.4. The Labute approximate surface area is 103 Å². The molecule has 1 nitrogen and oxygen atoms in total. The fraction of sp³-hybridized carbons (Fsp3) is 0.0833. The summed E-state index contributed by atoms with van der Waals surface area (Å²) in [5.74, 6) is 0.0234. The van der Waals surface area contributed by atoms with Gasteiger partial charge in [-0.2, -0.15) is 0 Å². The summed E-state index contributed by atoms with van der Waals surface area (Å²) >= 11 is 11.7. The zero-order chi connectivity index (χ0) is 11.5. The van der Waals surface area contributed by atoms with Gasteiger partial charge in [-0.25, -0.2) is 4.39 Å². The van der Waals surface area contributed by atoms with Crippen molar-refractivity contribution in [2.24, 2.45) is 0 Å². The molecule has 4 heteroatoms. The molecule has 0 fully saturated rings. The molecule has 0 saturated carbocycles. The average molecular weight is 256 g/mol. The Hall–Kier alpha value is -1.12. The molecule has 0 radical (unpaired) electrons. The highest BCUT2D eigenvalue weighted by Crippen LogP contribution is 2.26. The van der Waals surface area contributed by atoms with Crippen molar-refractivity contribution in [1.82, 2.24) is 4.98 Å². The van der Waals surface area contributed by atoms with Crippen molar-refractivity contribution in [1.29, 1.82) is 0 Å². The van der Waals surface area contributed by atoms with Crippen LogP contribution in [0.5, 0.6) is 0 Å². The van der Waals surface area contributed by atoms with Crippen LogP contribution in [0.1, 0.15) is 5.69 Å². The summed E-state index contributed by atoms with van der Waals surface area (Å²) in [4.78, 5) is 4.14. The van der Waals surface area contributed by atoms with Crippen LogP contribution in [0.2, 0.25) is 5.02 Å². The first-order chi connectivity index (χ1) is 7.70. The van der Waals surface area contributed by atoms with Gasteiger partial charge >= 0.3 is 0 Å². The van der Waals surface area contributed by atoms with E-state index in [1.807, 2.05) is 0 Å². The van der Waals surface area contributed by atoms with Crippen LogP contribution in [-0.4, -0.2) is 4.98 Å². The van der Waals surface area contributed by atoms with Gasteiger partial charge in [0.1, 0.15) is 5.82 Å². The summed E-state index contributed by atoms with van der Waals surface area (Å²) in [6, 6.07) is 7.93. The van der Waals surface area contributed by atoms with Gasteiger partial charge in [0.25, 0.3) is 0 Å². The molecular weight excluding hydrogens is 248 g/mol. The Morgan fingerprint density at radius 3 is 2.50 bits per heavy atom. The third-order valence-corrected chi connectivity index (χ3v) is 2.68. The number of pyridine rings is 1. The van der Waals surface area contributed by atoms with E-state index in [2.05, 4.69) is 4.98 Å². The maximum atomic E-state index is 12.8. The van der Waals surface area contributed by atoms with E-state index in [0.29, 0.717) is 10.9 Å². The second-order valence-electron chi connectivity index (χ2n) is 3.29. The molecule has 0 amide bonds. The largest absolute Gasteiger partial charge is 0.258 e. The van der Waals surface area contributed by atoms with Gasteiger partial charge in [0, 0.05) is 11.8 Å². The van der Waals surface area contributed by atoms with E-state index >= 15 is 0 Å². The number of nitrogens with zero attached hydrogens (tertiary/aromatic N) is 1. The van der Waals surface area contributed by atoms with Crippen LogP contribution in [0.25, 0.3) is 11.1 Å². The third-order valence-electron chi connectivity index (χ3n) is 2.22. The second kappa shape index (κ2) is 4.81. The number of rotatable bonds is 2. The molecule has 0 aliphatic rings. The van der Waals surface area contributed by atoms with E-state index in [9.17, 15) is 4.39 Å². The molecular formula is C12H8Cl2FN. The molecule has 2 rings (SSSR count). The van der Waals surface area contributed by atoms with Crippen LogP contribution in [-0.2, 0) is 5.88 Å². The van der Waals surface area contributed by atoms with Crippen LogP contribution < -0.4 is 0 Å². The molecule has 0 aliphatic carbocycles. The summed E-state index contributed by atoms with van der Waals surface area (Å²) < 4.78 is 12.8. The summed E-state index contributed by atoms with van der Waals surface area (Å²) in [5.41, 5.74) is 2.42. The van der Waals surface area contributed by atoms with Crippen molar-refractivity contribution >= 4 is 23.2 Å². The first-order valence-corrected chi connectivity index (χ1v) is 5.58. The van der Waals surface area contributed by atoms with Gasteiger partial charge in [0.05, 0.1) is 16.6 Å². The minimum Gasteiger partial charge on any atom is -0.258 e. The van der Waals surface area contributed by atoms with Crippen molar-refractivity contribution in [3.63, 3.8) is 0 Å². The molecule has 82 valence electrons. The smallest absolute Gasteiger partial charge is 0.123 e. The van der Waals surface area contributed by atoms with Gasteiger partial charge in [-0.1, -0.05) is 23.7 Å². The van der Waals surface area contributed by atoms with E-state index in [0.717, 1.165) is 16.8 Å². The fourth-order valence-electron chi connectivity index (χ4n) is 1.45. The Bertz CT molecular complexity index is 497. The predicted octanol–water partition coefficient (Wildman–Crippen LogP) is 4.28. The molecule has 0 atom stereocenters. The lowest BCUT2D eigenvalue weighted by Crippen LogP contribution is -1.91. The third kappa shape index (κ3) is 2.34. The Kier molecular flexibility index (Phi) is 3.42. The van der Waals surface area contributed by atoms with E-state index in [1.54, 1.807) is 24.4 Å².